The van der Waals surface area contributed by atoms with Crippen LogP contribution in [0.1, 0.15) is 54.6 Å². The molecule has 0 amide bonds. The van der Waals surface area contributed by atoms with Crippen LogP contribution in [0.5, 0.6) is 0 Å². The second kappa shape index (κ2) is 11.3. The summed E-state index contributed by atoms with van der Waals surface area (Å²) in [6.07, 6.45) is 1.88. The molecule has 6 heteroatoms. The van der Waals surface area contributed by atoms with Gasteiger partial charge in [0.1, 0.15) is 0 Å². The zero-order valence-electron chi connectivity index (χ0n) is 19.5. The summed E-state index contributed by atoms with van der Waals surface area (Å²) in [5, 5.41) is 9.06. The van der Waals surface area contributed by atoms with Gasteiger partial charge in [-0.1, -0.05) is 72.8 Å². The van der Waals surface area contributed by atoms with E-state index in [2.05, 4.69) is 83.4 Å². The molecule has 2 heterocycles. The van der Waals surface area contributed by atoms with Crippen molar-refractivity contribution < 1.29 is 0 Å². The lowest BCUT2D eigenvalue weighted by molar-refractivity contribution is 0.702. The van der Waals surface area contributed by atoms with Crippen molar-refractivity contribution in [1.82, 2.24) is 10.6 Å². The van der Waals surface area contributed by atoms with Gasteiger partial charge in [-0.2, -0.15) is 0 Å². The molecule has 2 aliphatic rings. The van der Waals surface area contributed by atoms with Gasteiger partial charge in [0.25, 0.3) is 0 Å². The zero-order valence-corrected chi connectivity index (χ0v) is 21.1. The highest BCUT2D eigenvalue weighted by molar-refractivity contribution is 8.00. The van der Waals surface area contributed by atoms with E-state index in [-0.39, 0.29) is 0 Å². The Kier molecular flexibility index (Phi) is 7.94. The Labute approximate surface area is 211 Å². The van der Waals surface area contributed by atoms with Crippen LogP contribution in [-0.4, -0.2) is 26.2 Å². The molecule has 178 valence electrons. The van der Waals surface area contributed by atoms with Gasteiger partial charge in [0, 0.05) is 23.6 Å². The van der Waals surface area contributed by atoms with Gasteiger partial charge < -0.3 is 22.1 Å². The van der Waals surface area contributed by atoms with Crippen molar-refractivity contribution in [1.29, 1.82) is 0 Å². The summed E-state index contributed by atoms with van der Waals surface area (Å²) in [5.74, 6) is 0. The van der Waals surface area contributed by atoms with E-state index in [1.165, 1.54) is 33.4 Å². The molecular formula is C28H34N4S2. The summed E-state index contributed by atoms with van der Waals surface area (Å²) in [4.78, 5) is 0. The van der Waals surface area contributed by atoms with Crippen LogP contribution in [0.2, 0.25) is 0 Å². The Morgan fingerprint density at radius 3 is 1.53 bits per heavy atom. The SMILES string of the molecule is NCCc1cccc(C2CNC(c3cccc(C4NCC(c5cccc(CCN)c5)S4)c3)S2)c1. The van der Waals surface area contributed by atoms with E-state index in [1.807, 2.05) is 23.5 Å². The van der Waals surface area contributed by atoms with Crippen molar-refractivity contribution in [3.63, 3.8) is 0 Å². The third-order valence-corrected chi connectivity index (χ3v) is 9.56. The lowest BCUT2D eigenvalue weighted by Crippen LogP contribution is -2.15. The van der Waals surface area contributed by atoms with Crippen molar-refractivity contribution in [2.24, 2.45) is 11.5 Å². The van der Waals surface area contributed by atoms with Crippen LogP contribution in [-0.2, 0) is 12.8 Å². The number of hydrogen-bond donors (Lipinski definition) is 4. The van der Waals surface area contributed by atoms with Gasteiger partial charge in [-0.25, -0.2) is 0 Å². The molecule has 0 aromatic heterocycles. The molecule has 0 radical (unpaired) electrons. The standard InChI is InChI=1S/C28H34N4S2/c29-12-10-19-4-1-6-21(14-19)25-17-31-27(33-25)23-8-3-9-24(16-23)28-32-18-26(34-28)22-7-2-5-20(15-22)11-13-30/h1-9,14-16,25-28,31-32H,10-13,17-18,29-30H2. The number of hydrogen-bond acceptors (Lipinski definition) is 6. The van der Waals surface area contributed by atoms with E-state index < -0.39 is 0 Å². The summed E-state index contributed by atoms with van der Waals surface area (Å²) in [7, 11) is 0. The minimum absolute atomic E-state index is 0.318. The highest BCUT2D eigenvalue weighted by atomic mass is 32.2. The molecule has 0 saturated carbocycles. The molecule has 0 aliphatic carbocycles. The fourth-order valence-electron chi connectivity index (χ4n) is 4.85. The van der Waals surface area contributed by atoms with E-state index in [0.29, 0.717) is 34.3 Å². The van der Waals surface area contributed by atoms with Crippen molar-refractivity contribution >= 4 is 23.5 Å². The van der Waals surface area contributed by atoms with Crippen molar-refractivity contribution in [3.8, 4) is 0 Å². The second-order valence-corrected chi connectivity index (χ2v) is 11.7. The fraction of sp³-hybridized carbons (Fsp3) is 0.357. The van der Waals surface area contributed by atoms with Gasteiger partial charge in [0.05, 0.1) is 10.7 Å². The third kappa shape index (κ3) is 5.54. The quantitative estimate of drug-likeness (QED) is 0.362. The van der Waals surface area contributed by atoms with Gasteiger partial charge in [-0.15, -0.1) is 23.5 Å². The molecule has 4 nitrogen and oxygen atoms in total. The number of benzene rings is 3. The van der Waals surface area contributed by atoms with Gasteiger partial charge in [-0.3, -0.25) is 0 Å². The average Bonchev–Trinajstić information content (AvgIpc) is 3.56. The fourth-order valence-corrected chi connectivity index (χ4v) is 7.49. The Bertz CT molecular complexity index is 1020. The molecule has 6 N–H and O–H groups in total. The van der Waals surface area contributed by atoms with E-state index in [0.717, 1.165) is 25.9 Å². The molecule has 0 spiro atoms. The molecule has 4 atom stereocenters. The highest BCUT2D eigenvalue weighted by Gasteiger charge is 2.30. The molecular weight excluding hydrogens is 456 g/mol. The van der Waals surface area contributed by atoms with Crippen LogP contribution >= 0.6 is 23.5 Å². The van der Waals surface area contributed by atoms with Crippen LogP contribution in [0.15, 0.2) is 72.8 Å². The van der Waals surface area contributed by atoms with E-state index in [9.17, 15) is 0 Å². The zero-order chi connectivity index (χ0) is 23.3. The summed E-state index contributed by atoms with van der Waals surface area (Å²) >= 11 is 4.04. The molecule has 2 aliphatic heterocycles. The molecule has 3 aromatic carbocycles. The molecule has 4 unspecified atom stereocenters. The van der Waals surface area contributed by atoms with E-state index in [4.69, 9.17) is 11.5 Å². The number of thioether (sulfide) groups is 2. The van der Waals surface area contributed by atoms with Crippen molar-refractivity contribution in [2.45, 2.75) is 34.1 Å². The van der Waals surface area contributed by atoms with Gasteiger partial charge >= 0.3 is 0 Å². The lowest BCUT2D eigenvalue weighted by atomic mass is 10.1. The molecule has 5 rings (SSSR count). The first kappa shape index (κ1) is 23.9. The van der Waals surface area contributed by atoms with E-state index >= 15 is 0 Å². The minimum atomic E-state index is 0.318. The lowest BCUT2D eigenvalue weighted by Gasteiger charge is -2.16. The number of nitrogens with one attached hydrogen (secondary N) is 2. The first-order valence-corrected chi connectivity index (χ1v) is 14.1. The van der Waals surface area contributed by atoms with Crippen LogP contribution < -0.4 is 22.1 Å². The van der Waals surface area contributed by atoms with Crippen LogP contribution in [0, 0.1) is 0 Å². The van der Waals surface area contributed by atoms with Gasteiger partial charge in [-0.05, 0) is 59.3 Å². The first-order chi connectivity index (χ1) is 16.7. The third-order valence-electron chi connectivity index (χ3n) is 6.61. The van der Waals surface area contributed by atoms with Gasteiger partial charge in [0.2, 0.25) is 0 Å². The van der Waals surface area contributed by atoms with Crippen LogP contribution in [0.4, 0.5) is 0 Å². The predicted octanol–water partition coefficient (Wildman–Crippen LogP) is 4.84. The first-order valence-electron chi connectivity index (χ1n) is 12.2. The maximum atomic E-state index is 5.76. The summed E-state index contributed by atoms with van der Waals surface area (Å²) in [6, 6.07) is 27.0. The highest BCUT2D eigenvalue weighted by Crippen LogP contribution is 2.47. The molecule has 0 bridgehead atoms. The molecule has 2 saturated heterocycles. The molecule has 3 aromatic rings. The summed E-state index contributed by atoms with van der Waals surface area (Å²) < 4.78 is 0. The van der Waals surface area contributed by atoms with Crippen LogP contribution in [0.3, 0.4) is 0 Å². The van der Waals surface area contributed by atoms with E-state index in [1.54, 1.807) is 0 Å². The molecule has 34 heavy (non-hydrogen) atoms. The maximum Gasteiger partial charge on any atom is 0.0796 e. The Balaban J connectivity index is 1.25. The Morgan fingerprint density at radius 1 is 0.618 bits per heavy atom. The Hall–Kier alpha value is -1.80. The van der Waals surface area contributed by atoms with Crippen LogP contribution in [0.25, 0.3) is 0 Å². The summed E-state index contributed by atoms with van der Waals surface area (Å²) in [6.45, 7) is 3.37. The number of nitrogens with two attached hydrogens (primary N) is 2. The Morgan fingerprint density at radius 2 is 1.06 bits per heavy atom. The van der Waals surface area contributed by atoms with Crippen molar-refractivity contribution in [2.75, 3.05) is 26.2 Å². The monoisotopic (exact) mass is 490 g/mol. The maximum absolute atomic E-state index is 5.76. The average molecular weight is 491 g/mol. The second-order valence-electron chi connectivity index (χ2n) is 9.06. The minimum Gasteiger partial charge on any atom is -0.330 e. The summed E-state index contributed by atoms with van der Waals surface area (Å²) in [5.41, 5.74) is 19.7. The smallest absolute Gasteiger partial charge is 0.0796 e. The van der Waals surface area contributed by atoms with Crippen molar-refractivity contribution in [3.05, 3.63) is 106 Å². The molecule has 2 fully saturated rings. The topological polar surface area (TPSA) is 76.1 Å². The van der Waals surface area contributed by atoms with Gasteiger partial charge in [0.15, 0.2) is 0 Å². The normalized spacial score (nSPS) is 24.5. The largest absolute Gasteiger partial charge is 0.330 e. The number of rotatable bonds is 8. The predicted molar refractivity (Wildman–Crippen MR) is 147 cm³/mol.